The van der Waals surface area contributed by atoms with Crippen LogP contribution in [0.5, 0.6) is 0 Å². The van der Waals surface area contributed by atoms with Gasteiger partial charge in [-0.2, -0.15) is 0 Å². The smallest absolute Gasteiger partial charge is 0.275 e. The van der Waals surface area contributed by atoms with E-state index in [1.54, 1.807) is 6.20 Å². The van der Waals surface area contributed by atoms with Gasteiger partial charge in [0.2, 0.25) is 0 Å². The van der Waals surface area contributed by atoms with Crippen LogP contribution in [0.25, 0.3) is 0 Å². The summed E-state index contributed by atoms with van der Waals surface area (Å²) in [5, 5.41) is 6.09. The Morgan fingerprint density at radius 1 is 0.964 bits per heavy atom. The molecule has 0 saturated heterocycles. The second-order valence-corrected chi connectivity index (χ2v) is 7.03. The van der Waals surface area contributed by atoms with Crippen LogP contribution < -0.4 is 10.6 Å². The first-order chi connectivity index (χ1) is 13.6. The number of hydrogen-bond acceptors (Lipinski definition) is 4. The summed E-state index contributed by atoms with van der Waals surface area (Å²) in [6.45, 7) is 5.08. The number of nitrogens with one attached hydrogen (secondary N) is 2. The number of aryl methyl sites for hydroxylation is 1. The van der Waals surface area contributed by atoms with Gasteiger partial charge in [-0.05, 0) is 42.0 Å². The molecule has 3 rings (SSSR count). The molecule has 1 aromatic heterocycles. The van der Waals surface area contributed by atoms with E-state index in [1.807, 2.05) is 30.3 Å². The summed E-state index contributed by atoms with van der Waals surface area (Å²) in [6.07, 6.45) is 5.11. The Labute approximate surface area is 166 Å². The van der Waals surface area contributed by atoms with Crippen molar-refractivity contribution in [3.05, 3.63) is 83.8 Å². The number of carbonyl (C=O) groups is 1. The lowest BCUT2D eigenvalue weighted by Crippen LogP contribution is -2.14. The van der Waals surface area contributed by atoms with E-state index >= 15 is 0 Å². The SMILES string of the molecule is CC(C)c1ccc(NC(=O)c2cnc(NCCCc3ccccc3)cn2)cc1. The standard InChI is InChI=1S/C23H26N4O/c1-17(2)19-10-12-20(13-11-19)27-23(28)21-15-26-22(16-25-21)24-14-6-9-18-7-4-3-5-8-18/h3-5,7-8,10-13,15-17H,6,9,14H2,1-2H3,(H,24,26)(H,27,28). The minimum absolute atomic E-state index is 0.263. The molecule has 0 aliphatic carbocycles. The molecular formula is C23H26N4O. The highest BCUT2D eigenvalue weighted by Crippen LogP contribution is 2.17. The topological polar surface area (TPSA) is 66.9 Å². The average molecular weight is 374 g/mol. The molecular weight excluding hydrogens is 348 g/mol. The lowest BCUT2D eigenvalue weighted by atomic mass is 10.0. The van der Waals surface area contributed by atoms with Crippen molar-refractivity contribution < 1.29 is 4.79 Å². The van der Waals surface area contributed by atoms with Crippen molar-refractivity contribution in [3.8, 4) is 0 Å². The minimum Gasteiger partial charge on any atom is -0.369 e. The van der Waals surface area contributed by atoms with Gasteiger partial charge in [-0.1, -0.05) is 56.3 Å². The molecule has 1 heterocycles. The predicted octanol–water partition coefficient (Wildman–Crippen LogP) is 4.90. The van der Waals surface area contributed by atoms with E-state index in [1.165, 1.54) is 17.3 Å². The second-order valence-electron chi connectivity index (χ2n) is 7.03. The Morgan fingerprint density at radius 3 is 2.36 bits per heavy atom. The van der Waals surface area contributed by atoms with Crippen molar-refractivity contribution in [2.24, 2.45) is 0 Å². The quantitative estimate of drug-likeness (QED) is 0.551. The van der Waals surface area contributed by atoms with Gasteiger partial charge >= 0.3 is 0 Å². The fourth-order valence-corrected chi connectivity index (χ4v) is 2.84. The summed E-state index contributed by atoms with van der Waals surface area (Å²) >= 11 is 0. The number of aromatic nitrogens is 2. The monoisotopic (exact) mass is 374 g/mol. The normalized spacial score (nSPS) is 10.7. The van der Waals surface area contributed by atoms with Gasteiger partial charge < -0.3 is 10.6 Å². The first-order valence-electron chi connectivity index (χ1n) is 9.63. The summed E-state index contributed by atoms with van der Waals surface area (Å²) < 4.78 is 0. The van der Waals surface area contributed by atoms with Crippen molar-refractivity contribution in [1.29, 1.82) is 0 Å². The lowest BCUT2D eigenvalue weighted by molar-refractivity contribution is 0.102. The van der Waals surface area contributed by atoms with Gasteiger partial charge in [-0.3, -0.25) is 4.79 Å². The fraction of sp³-hybridized carbons (Fsp3) is 0.261. The van der Waals surface area contributed by atoms with Crippen LogP contribution in [-0.2, 0) is 6.42 Å². The van der Waals surface area contributed by atoms with Crippen molar-refractivity contribution in [3.63, 3.8) is 0 Å². The van der Waals surface area contributed by atoms with Crippen LogP contribution in [0.15, 0.2) is 67.0 Å². The van der Waals surface area contributed by atoms with Crippen molar-refractivity contribution >= 4 is 17.4 Å². The van der Waals surface area contributed by atoms with Gasteiger partial charge in [0, 0.05) is 12.2 Å². The Bertz CT molecular complexity index is 875. The average Bonchev–Trinajstić information content (AvgIpc) is 2.73. The molecule has 0 saturated carbocycles. The Balaban J connectivity index is 1.47. The Hall–Kier alpha value is -3.21. The van der Waals surface area contributed by atoms with E-state index in [9.17, 15) is 4.79 Å². The van der Waals surface area contributed by atoms with E-state index in [2.05, 4.69) is 58.7 Å². The number of hydrogen-bond donors (Lipinski definition) is 2. The van der Waals surface area contributed by atoms with E-state index in [-0.39, 0.29) is 5.91 Å². The molecule has 0 spiro atoms. The predicted molar refractivity (Wildman–Crippen MR) is 114 cm³/mol. The van der Waals surface area contributed by atoms with Crippen LogP contribution in [0, 0.1) is 0 Å². The maximum absolute atomic E-state index is 12.3. The van der Waals surface area contributed by atoms with E-state index in [4.69, 9.17) is 0 Å². The molecule has 0 bridgehead atoms. The molecule has 3 aromatic rings. The van der Waals surface area contributed by atoms with E-state index in [0.717, 1.165) is 25.1 Å². The maximum atomic E-state index is 12.3. The van der Waals surface area contributed by atoms with Gasteiger partial charge in [0.15, 0.2) is 0 Å². The third-order valence-corrected chi connectivity index (χ3v) is 4.51. The third kappa shape index (κ3) is 5.64. The molecule has 0 fully saturated rings. The van der Waals surface area contributed by atoms with Crippen LogP contribution in [0.2, 0.25) is 0 Å². The zero-order valence-corrected chi connectivity index (χ0v) is 16.4. The first-order valence-corrected chi connectivity index (χ1v) is 9.63. The summed E-state index contributed by atoms with van der Waals surface area (Å²) in [4.78, 5) is 20.8. The lowest BCUT2D eigenvalue weighted by Gasteiger charge is -2.09. The van der Waals surface area contributed by atoms with Crippen LogP contribution >= 0.6 is 0 Å². The molecule has 144 valence electrons. The van der Waals surface area contributed by atoms with Crippen molar-refractivity contribution in [2.45, 2.75) is 32.6 Å². The number of carbonyl (C=O) groups excluding carboxylic acids is 1. The molecule has 28 heavy (non-hydrogen) atoms. The molecule has 2 N–H and O–H groups in total. The highest BCUT2D eigenvalue weighted by atomic mass is 16.1. The van der Waals surface area contributed by atoms with Gasteiger partial charge in [0.25, 0.3) is 5.91 Å². The van der Waals surface area contributed by atoms with Gasteiger partial charge in [-0.25, -0.2) is 9.97 Å². The van der Waals surface area contributed by atoms with Gasteiger partial charge in [0.1, 0.15) is 11.5 Å². The number of nitrogens with zero attached hydrogens (tertiary/aromatic N) is 2. The molecule has 2 aromatic carbocycles. The summed E-state index contributed by atoms with van der Waals surface area (Å²) in [5.41, 5.74) is 3.60. The maximum Gasteiger partial charge on any atom is 0.275 e. The molecule has 0 aliphatic rings. The second kappa shape index (κ2) is 9.65. The summed E-state index contributed by atoms with van der Waals surface area (Å²) in [6, 6.07) is 18.2. The number of benzene rings is 2. The van der Waals surface area contributed by atoms with Crippen LogP contribution in [0.3, 0.4) is 0 Å². The fourth-order valence-electron chi connectivity index (χ4n) is 2.84. The van der Waals surface area contributed by atoms with E-state index in [0.29, 0.717) is 17.4 Å². The molecule has 5 heteroatoms. The molecule has 0 atom stereocenters. The highest BCUT2D eigenvalue weighted by molar-refractivity contribution is 6.02. The number of rotatable bonds is 8. The summed E-state index contributed by atoms with van der Waals surface area (Å²) in [7, 11) is 0. The van der Waals surface area contributed by atoms with E-state index < -0.39 is 0 Å². The van der Waals surface area contributed by atoms with Crippen LogP contribution in [0.1, 0.15) is 47.8 Å². The third-order valence-electron chi connectivity index (χ3n) is 4.51. The van der Waals surface area contributed by atoms with Crippen LogP contribution in [0.4, 0.5) is 11.5 Å². The Kier molecular flexibility index (Phi) is 6.73. The molecule has 0 unspecified atom stereocenters. The van der Waals surface area contributed by atoms with Gasteiger partial charge in [0.05, 0.1) is 12.4 Å². The molecule has 5 nitrogen and oxygen atoms in total. The summed E-state index contributed by atoms with van der Waals surface area (Å²) in [5.74, 6) is 0.870. The minimum atomic E-state index is -0.263. The van der Waals surface area contributed by atoms with Gasteiger partial charge in [-0.15, -0.1) is 0 Å². The first kappa shape index (κ1) is 19.5. The van der Waals surface area contributed by atoms with Crippen molar-refractivity contribution in [1.82, 2.24) is 9.97 Å². The molecule has 0 aliphatic heterocycles. The molecule has 0 radical (unpaired) electrons. The number of amides is 1. The zero-order valence-electron chi connectivity index (χ0n) is 16.4. The zero-order chi connectivity index (χ0) is 19.8. The largest absolute Gasteiger partial charge is 0.369 e. The van der Waals surface area contributed by atoms with Crippen LogP contribution in [-0.4, -0.2) is 22.4 Å². The molecule has 1 amide bonds. The number of anilines is 2. The van der Waals surface area contributed by atoms with Crippen molar-refractivity contribution in [2.75, 3.05) is 17.2 Å². The highest BCUT2D eigenvalue weighted by Gasteiger charge is 2.09. The Morgan fingerprint density at radius 2 is 1.71 bits per heavy atom.